The molecule has 0 saturated carbocycles. The molecule has 0 spiro atoms. The van der Waals surface area contributed by atoms with Crippen molar-refractivity contribution in [2.75, 3.05) is 11.9 Å². The molecule has 26 heavy (non-hydrogen) atoms. The number of H-pyrrole nitrogens is 1. The van der Waals surface area contributed by atoms with Gasteiger partial charge in [-0.1, -0.05) is 18.2 Å². The molecule has 2 aromatic carbocycles. The van der Waals surface area contributed by atoms with Gasteiger partial charge in [0.25, 0.3) is 5.91 Å². The standard InChI is InChI=1S/C21H19N3O2/c25-20-8-6-13-11-14(5-7-17(13)23-20)21(26)24-10-9-16-15-3-1-2-4-18(15)22-19(16)12-24/h1-5,7,11,22H,6,8-10,12H2,(H,23,25). The average molecular weight is 345 g/mol. The summed E-state index contributed by atoms with van der Waals surface area (Å²) in [5, 5.41) is 4.13. The number of anilines is 1. The van der Waals surface area contributed by atoms with Crippen molar-refractivity contribution in [1.29, 1.82) is 0 Å². The number of aryl methyl sites for hydroxylation is 1. The molecule has 1 aromatic heterocycles. The number of hydrogen-bond acceptors (Lipinski definition) is 2. The molecule has 0 aliphatic carbocycles. The van der Waals surface area contributed by atoms with Gasteiger partial charge in [0.05, 0.1) is 6.54 Å². The number of fused-ring (bicyclic) bond motifs is 4. The molecule has 2 amide bonds. The first kappa shape index (κ1) is 15.2. The average Bonchev–Trinajstić information content (AvgIpc) is 3.04. The van der Waals surface area contributed by atoms with Gasteiger partial charge in [-0.3, -0.25) is 9.59 Å². The van der Waals surface area contributed by atoms with E-state index < -0.39 is 0 Å². The summed E-state index contributed by atoms with van der Waals surface area (Å²) in [5.41, 5.74) is 6.16. The fourth-order valence-electron chi connectivity index (χ4n) is 4.07. The van der Waals surface area contributed by atoms with Crippen LogP contribution in [0.15, 0.2) is 42.5 Å². The first-order valence-corrected chi connectivity index (χ1v) is 8.99. The summed E-state index contributed by atoms with van der Waals surface area (Å²) < 4.78 is 0. The maximum atomic E-state index is 13.0. The lowest BCUT2D eigenvalue weighted by molar-refractivity contribution is -0.116. The smallest absolute Gasteiger partial charge is 0.254 e. The van der Waals surface area contributed by atoms with Crippen molar-refractivity contribution in [3.8, 4) is 0 Å². The number of nitrogens with zero attached hydrogens (tertiary/aromatic N) is 1. The van der Waals surface area contributed by atoms with Gasteiger partial charge in [-0.15, -0.1) is 0 Å². The maximum absolute atomic E-state index is 13.0. The molecular formula is C21H19N3O2. The monoisotopic (exact) mass is 345 g/mol. The van der Waals surface area contributed by atoms with Crippen molar-refractivity contribution in [2.24, 2.45) is 0 Å². The second kappa shape index (κ2) is 5.73. The van der Waals surface area contributed by atoms with E-state index >= 15 is 0 Å². The summed E-state index contributed by atoms with van der Waals surface area (Å²) in [6.07, 6.45) is 2.04. The molecular weight excluding hydrogens is 326 g/mol. The van der Waals surface area contributed by atoms with Crippen LogP contribution in [0, 0.1) is 0 Å². The van der Waals surface area contributed by atoms with E-state index in [4.69, 9.17) is 0 Å². The first-order chi connectivity index (χ1) is 12.7. The van der Waals surface area contributed by atoms with E-state index in [-0.39, 0.29) is 11.8 Å². The lowest BCUT2D eigenvalue weighted by Gasteiger charge is -2.28. The van der Waals surface area contributed by atoms with E-state index in [2.05, 4.69) is 28.5 Å². The molecule has 5 nitrogen and oxygen atoms in total. The quantitative estimate of drug-likeness (QED) is 0.711. The number of carbonyl (C=O) groups is 2. The second-order valence-corrected chi connectivity index (χ2v) is 7.02. The summed E-state index contributed by atoms with van der Waals surface area (Å²) in [4.78, 5) is 29.9. The highest BCUT2D eigenvalue weighted by Crippen LogP contribution is 2.29. The number of benzene rings is 2. The maximum Gasteiger partial charge on any atom is 0.254 e. The normalized spacial score (nSPS) is 16.2. The van der Waals surface area contributed by atoms with Crippen molar-refractivity contribution in [1.82, 2.24) is 9.88 Å². The minimum absolute atomic E-state index is 0.0407. The Morgan fingerprint density at radius 1 is 1.04 bits per heavy atom. The van der Waals surface area contributed by atoms with Crippen LogP contribution in [0.4, 0.5) is 5.69 Å². The summed E-state index contributed by atoms with van der Waals surface area (Å²) in [7, 11) is 0. The van der Waals surface area contributed by atoms with Gasteiger partial charge in [-0.2, -0.15) is 0 Å². The van der Waals surface area contributed by atoms with E-state index in [9.17, 15) is 9.59 Å². The summed E-state index contributed by atoms with van der Waals surface area (Å²) in [6.45, 7) is 1.33. The van der Waals surface area contributed by atoms with Crippen LogP contribution in [0.5, 0.6) is 0 Å². The van der Waals surface area contributed by atoms with E-state index in [1.165, 1.54) is 10.9 Å². The van der Waals surface area contributed by atoms with Crippen LogP contribution >= 0.6 is 0 Å². The molecule has 0 saturated heterocycles. The highest BCUT2D eigenvalue weighted by molar-refractivity contribution is 5.98. The van der Waals surface area contributed by atoms with Gasteiger partial charge in [0, 0.05) is 40.8 Å². The minimum atomic E-state index is 0.0407. The Hall–Kier alpha value is -3.08. The van der Waals surface area contributed by atoms with Crippen molar-refractivity contribution in [2.45, 2.75) is 25.8 Å². The van der Waals surface area contributed by atoms with Crippen LogP contribution < -0.4 is 5.32 Å². The number of rotatable bonds is 1. The molecule has 3 heterocycles. The van der Waals surface area contributed by atoms with Crippen molar-refractivity contribution in [3.63, 3.8) is 0 Å². The van der Waals surface area contributed by atoms with Crippen LogP contribution in [-0.4, -0.2) is 28.2 Å². The molecule has 5 rings (SSSR count). The van der Waals surface area contributed by atoms with Crippen molar-refractivity contribution in [3.05, 3.63) is 64.8 Å². The number of carbonyl (C=O) groups excluding carboxylic acids is 2. The SMILES string of the molecule is O=C1CCc2cc(C(=O)N3CCc4c([nH]c5ccccc45)C3)ccc2N1. The molecule has 0 fully saturated rings. The Kier molecular flexibility index (Phi) is 3.35. The van der Waals surface area contributed by atoms with Gasteiger partial charge in [-0.25, -0.2) is 0 Å². The Bertz CT molecular complexity index is 1050. The Labute approximate surface area is 151 Å². The van der Waals surface area contributed by atoms with Gasteiger partial charge < -0.3 is 15.2 Å². The number of aromatic amines is 1. The zero-order valence-electron chi connectivity index (χ0n) is 14.3. The predicted octanol–water partition coefficient (Wildman–Crippen LogP) is 3.25. The van der Waals surface area contributed by atoms with Crippen molar-refractivity contribution >= 4 is 28.4 Å². The molecule has 130 valence electrons. The highest BCUT2D eigenvalue weighted by Gasteiger charge is 2.25. The topological polar surface area (TPSA) is 65.2 Å². The zero-order chi connectivity index (χ0) is 17.7. The van der Waals surface area contributed by atoms with E-state index in [0.29, 0.717) is 24.9 Å². The van der Waals surface area contributed by atoms with Crippen LogP contribution in [0.25, 0.3) is 10.9 Å². The lowest BCUT2D eigenvalue weighted by atomic mass is 9.99. The largest absolute Gasteiger partial charge is 0.357 e. The van der Waals surface area contributed by atoms with Gasteiger partial charge in [0.1, 0.15) is 0 Å². The molecule has 0 unspecified atom stereocenters. The Morgan fingerprint density at radius 2 is 1.92 bits per heavy atom. The lowest BCUT2D eigenvalue weighted by Crippen LogP contribution is -2.36. The van der Waals surface area contributed by atoms with Crippen LogP contribution in [-0.2, 0) is 24.2 Å². The fraction of sp³-hybridized carbons (Fsp3) is 0.238. The number of aromatic nitrogens is 1. The fourth-order valence-corrected chi connectivity index (χ4v) is 4.07. The van der Waals surface area contributed by atoms with E-state index in [1.54, 1.807) is 0 Å². The third-order valence-electron chi connectivity index (χ3n) is 5.42. The van der Waals surface area contributed by atoms with Crippen LogP contribution in [0.3, 0.4) is 0 Å². The van der Waals surface area contributed by atoms with Gasteiger partial charge >= 0.3 is 0 Å². The van der Waals surface area contributed by atoms with Gasteiger partial charge in [-0.05, 0) is 48.2 Å². The van der Waals surface area contributed by atoms with E-state index in [0.717, 1.165) is 35.4 Å². The van der Waals surface area contributed by atoms with E-state index in [1.807, 2.05) is 29.2 Å². The molecule has 2 aliphatic rings. The predicted molar refractivity (Wildman–Crippen MR) is 100 cm³/mol. The summed E-state index contributed by atoms with van der Waals surface area (Å²) in [6, 6.07) is 13.9. The highest BCUT2D eigenvalue weighted by atomic mass is 16.2. The first-order valence-electron chi connectivity index (χ1n) is 8.99. The Morgan fingerprint density at radius 3 is 2.85 bits per heavy atom. The molecule has 2 aliphatic heterocycles. The number of nitrogens with one attached hydrogen (secondary N) is 2. The van der Waals surface area contributed by atoms with Crippen molar-refractivity contribution < 1.29 is 9.59 Å². The molecule has 5 heteroatoms. The third kappa shape index (κ3) is 2.39. The number of amides is 2. The second-order valence-electron chi connectivity index (χ2n) is 7.02. The molecule has 0 radical (unpaired) electrons. The third-order valence-corrected chi connectivity index (χ3v) is 5.42. The summed E-state index contributed by atoms with van der Waals surface area (Å²) in [5.74, 6) is 0.0907. The van der Waals surface area contributed by atoms with Gasteiger partial charge in [0.2, 0.25) is 5.91 Å². The molecule has 0 bridgehead atoms. The zero-order valence-corrected chi connectivity index (χ0v) is 14.3. The summed E-state index contributed by atoms with van der Waals surface area (Å²) >= 11 is 0. The Balaban J connectivity index is 1.42. The molecule has 0 atom stereocenters. The minimum Gasteiger partial charge on any atom is -0.357 e. The molecule has 3 aromatic rings. The number of para-hydroxylation sites is 1. The molecule has 2 N–H and O–H groups in total. The number of hydrogen-bond donors (Lipinski definition) is 2. The van der Waals surface area contributed by atoms with Crippen LogP contribution in [0.1, 0.15) is 33.6 Å². The van der Waals surface area contributed by atoms with Crippen LogP contribution in [0.2, 0.25) is 0 Å². The van der Waals surface area contributed by atoms with Gasteiger partial charge in [0.15, 0.2) is 0 Å².